The molecule has 1 rings (SSSR count). The van der Waals surface area contributed by atoms with Crippen molar-refractivity contribution >= 4 is 5.97 Å². The molecule has 1 unspecified atom stereocenters. The molecule has 0 radical (unpaired) electrons. The van der Waals surface area contributed by atoms with Gasteiger partial charge in [0.05, 0.1) is 13.7 Å². The van der Waals surface area contributed by atoms with Crippen molar-refractivity contribution in [1.29, 1.82) is 0 Å². The number of aromatic hydroxyl groups is 1. The predicted octanol–water partition coefficient (Wildman–Crippen LogP) is 2.23. The third-order valence-electron chi connectivity index (χ3n) is 2.41. The number of methoxy groups -OCH3 is 1. The Morgan fingerprint density at radius 3 is 2.88 bits per heavy atom. The zero-order valence-corrected chi connectivity index (χ0v) is 9.97. The summed E-state index contributed by atoms with van der Waals surface area (Å²) in [7, 11) is 1.55. The Labute approximate surface area is 100 Å². The normalized spacial score (nSPS) is 11.6. The van der Waals surface area contributed by atoms with E-state index in [9.17, 15) is 9.90 Å². The lowest BCUT2D eigenvalue weighted by atomic mass is 10.0. The molecule has 92 valence electrons. The molecule has 0 saturated carbocycles. The number of hydrogen-bond donors (Lipinski definition) is 1. The van der Waals surface area contributed by atoms with Crippen LogP contribution in [0.3, 0.4) is 0 Å². The second-order valence-corrected chi connectivity index (χ2v) is 3.66. The molecule has 0 aromatic heterocycles. The van der Waals surface area contributed by atoms with Crippen LogP contribution in [0, 0.1) is 0 Å². The Hall–Kier alpha value is -1.97. The van der Waals surface area contributed by atoms with Gasteiger partial charge in [0, 0.05) is 17.6 Å². The van der Waals surface area contributed by atoms with Gasteiger partial charge in [0.25, 0.3) is 0 Å². The van der Waals surface area contributed by atoms with E-state index in [0.717, 1.165) is 6.08 Å². The van der Waals surface area contributed by atoms with Crippen LogP contribution < -0.4 is 4.74 Å². The second-order valence-electron chi connectivity index (χ2n) is 3.66. The van der Waals surface area contributed by atoms with Crippen molar-refractivity contribution in [1.82, 2.24) is 0 Å². The smallest absolute Gasteiger partial charge is 0.330 e. The molecule has 0 fully saturated rings. The highest BCUT2D eigenvalue weighted by Crippen LogP contribution is 2.29. The summed E-state index contributed by atoms with van der Waals surface area (Å²) in [5.41, 5.74) is 0.682. The third kappa shape index (κ3) is 3.52. The Morgan fingerprint density at radius 2 is 2.29 bits per heavy atom. The number of phenols is 1. The van der Waals surface area contributed by atoms with Gasteiger partial charge in [-0.3, -0.25) is 0 Å². The van der Waals surface area contributed by atoms with E-state index in [2.05, 4.69) is 6.58 Å². The maximum absolute atomic E-state index is 10.9. The predicted molar refractivity (Wildman–Crippen MR) is 64.2 cm³/mol. The van der Waals surface area contributed by atoms with Gasteiger partial charge in [-0.1, -0.05) is 13.5 Å². The average Bonchev–Trinajstić information content (AvgIpc) is 2.36. The van der Waals surface area contributed by atoms with Crippen molar-refractivity contribution in [3.8, 4) is 11.5 Å². The highest BCUT2D eigenvalue weighted by Gasteiger charge is 2.13. The fourth-order valence-electron chi connectivity index (χ4n) is 1.41. The first-order valence-corrected chi connectivity index (χ1v) is 5.24. The van der Waals surface area contributed by atoms with Crippen LogP contribution >= 0.6 is 0 Å². The lowest BCUT2D eigenvalue weighted by Gasteiger charge is -2.14. The SMILES string of the molecule is C=CC(=O)OCC(C)c1cc(OC)ccc1O. The Balaban J connectivity index is 2.76. The molecular formula is C13H16O4. The molecule has 0 aliphatic heterocycles. The number of hydrogen-bond acceptors (Lipinski definition) is 4. The Kier molecular flexibility index (Phi) is 4.57. The molecule has 0 heterocycles. The van der Waals surface area contributed by atoms with E-state index in [4.69, 9.17) is 9.47 Å². The fraction of sp³-hybridized carbons (Fsp3) is 0.308. The summed E-state index contributed by atoms with van der Waals surface area (Å²) in [4.78, 5) is 10.9. The summed E-state index contributed by atoms with van der Waals surface area (Å²) in [5, 5.41) is 9.71. The van der Waals surface area contributed by atoms with Crippen molar-refractivity contribution in [2.45, 2.75) is 12.8 Å². The molecule has 1 aromatic carbocycles. The monoisotopic (exact) mass is 236 g/mol. The van der Waals surface area contributed by atoms with Gasteiger partial charge >= 0.3 is 5.97 Å². The maximum atomic E-state index is 10.9. The van der Waals surface area contributed by atoms with Crippen LogP contribution in [-0.2, 0) is 9.53 Å². The van der Waals surface area contributed by atoms with Gasteiger partial charge in [0.15, 0.2) is 0 Å². The van der Waals surface area contributed by atoms with E-state index in [1.54, 1.807) is 25.3 Å². The van der Waals surface area contributed by atoms with E-state index >= 15 is 0 Å². The van der Waals surface area contributed by atoms with Crippen LogP contribution in [0.2, 0.25) is 0 Å². The summed E-state index contributed by atoms with van der Waals surface area (Å²) < 4.78 is 10.00. The molecule has 0 amide bonds. The molecule has 1 N–H and O–H groups in total. The summed E-state index contributed by atoms with van der Waals surface area (Å²) in [6, 6.07) is 4.95. The maximum Gasteiger partial charge on any atom is 0.330 e. The van der Waals surface area contributed by atoms with Crippen LogP contribution in [0.1, 0.15) is 18.4 Å². The summed E-state index contributed by atoms with van der Waals surface area (Å²) >= 11 is 0. The first-order chi connectivity index (χ1) is 8.08. The lowest BCUT2D eigenvalue weighted by molar-refractivity contribution is -0.138. The molecule has 17 heavy (non-hydrogen) atoms. The van der Waals surface area contributed by atoms with Crippen LogP contribution in [-0.4, -0.2) is 24.8 Å². The molecule has 1 atom stereocenters. The third-order valence-corrected chi connectivity index (χ3v) is 2.41. The number of phenolic OH excluding ortho intramolecular Hbond substituents is 1. The molecule has 0 bridgehead atoms. The number of rotatable bonds is 5. The summed E-state index contributed by atoms with van der Waals surface area (Å²) in [6.07, 6.45) is 1.11. The molecule has 4 heteroatoms. The van der Waals surface area contributed by atoms with Gasteiger partial charge in [0.2, 0.25) is 0 Å². The highest BCUT2D eigenvalue weighted by atomic mass is 16.5. The topological polar surface area (TPSA) is 55.8 Å². The minimum absolute atomic E-state index is 0.117. The number of carbonyl (C=O) groups is 1. The fourth-order valence-corrected chi connectivity index (χ4v) is 1.41. The van der Waals surface area contributed by atoms with Gasteiger partial charge in [-0.05, 0) is 18.2 Å². The lowest BCUT2D eigenvalue weighted by Crippen LogP contribution is -2.09. The standard InChI is InChI=1S/C13H16O4/c1-4-13(15)17-8-9(2)11-7-10(16-3)5-6-12(11)14/h4-7,9,14H,1,8H2,2-3H3. The zero-order valence-electron chi connectivity index (χ0n) is 9.97. The van der Waals surface area contributed by atoms with Crippen LogP contribution in [0.25, 0.3) is 0 Å². The second kappa shape index (κ2) is 5.94. The van der Waals surface area contributed by atoms with E-state index in [0.29, 0.717) is 11.3 Å². The molecule has 4 nitrogen and oxygen atoms in total. The molecule has 0 aliphatic rings. The number of benzene rings is 1. The Morgan fingerprint density at radius 1 is 1.59 bits per heavy atom. The van der Waals surface area contributed by atoms with Crippen molar-refractivity contribution < 1.29 is 19.4 Å². The van der Waals surface area contributed by atoms with Gasteiger partial charge in [-0.2, -0.15) is 0 Å². The number of carbonyl (C=O) groups excluding carboxylic acids is 1. The molecular weight excluding hydrogens is 220 g/mol. The first-order valence-electron chi connectivity index (χ1n) is 5.24. The van der Waals surface area contributed by atoms with Gasteiger partial charge in [-0.25, -0.2) is 4.79 Å². The number of ether oxygens (including phenoxy) is 2. The minimum Gasteiger partial charge on any atom is -0.508 e. The minimum atomic E-state index is -0.473. The van der Waals surface area contributed by atoms with Crippen molar-refractivity contribution in [3.63, 3.8) is 0 Å². The van der Waals surface area contributed by atoms with E-state index in [1.165, 1.54) is 0 Å². The quantitative estimate of drug-likeness (QED) is 0.629. The number of esters is 1. The molecule has 1 aromatic rings. The van der Waals surface area contributed by atoms with Gasteiger partial charge in [0.1, 0.15) is 11.5 Å². The van der Waals surface area contributed by atoms with Crippen LogP contribution in [0.4, 0.5) is 0 Å². The van der Waals surface area contributed by atoms with Crippen molar-refractivity contribution in [2.75, 3.05) is 13.7 Å². The average molecular weight is 236 g/mol. The van der Waals surface area contributed by atoms with E-state index in [1.807, 2.05) is 6.92 Å². The molecule has 0 aliphatic carbocycles. The zero-order chi connectivity index (χ0) is 12.8. The van der Waals surface area contributed by atoms with Crippen molar-refractivity contribution in [3.05, 3.63) is 36.4 Å². The highest BCUT2D eigenvalue weighted by molar-refractivity contribution is 5.81. The van der Waals surface area contributed by atoms with Crippen LogP contribution in [0.15, 0.2) is 30.9 Å². The van der Waals surface area contributed by atoms with E-state index < -0.39 is 5.97 Å². The van der Waals surface area contributed by atoms with Crippen LogP contribution in [0.5, 0.6) is 11.5 Å². The first kappa shape index (κ1) is 13.1. The molecule has 0 saturated heterocycles. The largest absolute Gasteiger partial charge is 0.508 e. The Bertz CT molecular complexity index is 412. The van der Waals surface area contributed by atoms with E-state index in [-0.39, 0.29) is 18.3 Å². The molecule has 0 spiro atoms. The summed E-state index contributed by atoms with van der Waals surface area (Å²) in [6.45, 7) is 5.35. The van der Waals surface area contributed by atoms with Gasteiger partial charge < -0.3 is 14.6 Å². The van der Waals surface area contributed by atoms with Gasteiger partial charge in [-0.15, -0.1) is 0 Å². The van der Waals surface area contributed by atoms with Crippen molar-refractivity contribution in [2.24, 2.45) is 0 Å². The summed E-state index contributed by atoms with van der Waals surface area (Å²) in [5.74, 6) is 0.223.